The summed E-state index contributed by atoms with van der Waals surface area (Å²) in [6.07, 6.45) is -25.1. The standard InChI is InChI=1S/C33H40O21/c1-47-11-5-14(37)19-16(6-11)50-28(10-2-3-12(35)13(36)4-10)30(23(19)42)54-33-27(46)29(53-32-25(44)20(39)15(38)8-48-32)22(41)18(52-33)9-49-31-26(45)24(43)21(40)17(7-34)51-31/h2-6,15,17-18,20-22,24-27,29,31-41,43-46H,7-9H2,1H3/t15?,17?,18?,20-,21-,22-,24-,25?,26?,27?,29-,31+,32-,33-/m0/s1. The van der Waals surface area contributed by atoms with Gasteiger partial charge in [0, 0.05) is 17.7 Å². The third-order valence-corrected chi connectivity index (χ3v) is 9.27. The van der Waals surface area contributed by atoms with Gasteiger partial charge in [0.05, 0.1) is 26.9 Å². The SMILES string of the molecule is COc1cc(O)c2c(=O)c(O[C@@H]3OC(CO[C@@H]4OC(CO)[C@H](O)[C@H](O)C4O)[C@H](O)[C@H](O[C@@H]4OCC(O)[C@H](O)C4O)C3O)c(-c3ccc(O)c(O)c3)oc2c1. The van der Waals surface area contributed by atoms with Crippen LogP contribution < -0.4 is 14.9 Å². The summed E-state index contributed by atoms with van der Waals surface area (Å²) in [5.41, 5.74) is -1.33. The second kappa shape index (κ2) is 16.1. The van der Waals surface area contributed by atoms with Crippen molar-refractivity contribution in [3.05, 3.63) is 40.6 Å². The molecule has 298 valence electrons. The van der Waals surface area contributed by atoms with Crippen LogP contribution in [0.3, 0.4) is 0 Å². The fraction of sp³-hybridized carbons (Fsp3) is 0.545. The maximum Gasteiger partial charge on any atom is 0.239 e. The minimum Gasteiger partial charge on any atom is -0.507 e. The fourth-order valence-electron chi connectivity index (χ4n) is 6.20. The molecule has 21 nitrogen and oxygen atoms in total. The highest BCUT2D eigenvalue weighted by Crippen LogP contribution is 2.40. The van der Waals surface area contributed by atoms with Gasteiger partial charge in [-0.3, -0.25) is 4.79 Å². The number of benzene rings is 2. The van der Waals surface area contributed by atoms with E-state index in [1.165, 1.54) is 19.2 Å². The number of hydrogen-bond acceptors (Lipinski definition) is 21. The second-order valence-electron chi connectivity index (χ2n) is 12.8. The summed E-state index contributed by atoms with van der Waals surface area (Å²) in [6.45, 7) is -2.08. The zero-order valence-electron chi connectivity index (χ0n) is 28.1. The van der Waals surface area contributed by atoms with Crippen LogP contribution in [0.4, 0.5) is 0 Å². The average molecular weight is 773 g/mol. The van der Waals surface area contributed by atoms with E-state index in [1.54, 1.807) is 0 Å². The number of aromatic hydroxyl groups is 3. The fourth-order valence-corrected chi connectivity index (χ4v) is 6.20. The maximum absolute atomic E-state index is 14.1. The molecule has 3 aliphatic heterocycles. The minimum atomic E-state index is -2.09. The van der Waals surface area contributed by atoms with Crippen molar-refractivity contribution in [1.29, 1.82) is 0 Å². The Morgan fingerprint density at radius 3 is 2.13 bits per heavy atom. The molecule has 14 atom stereocenters. The van der Waals surface area contributed by atoms with E-state index in [9.17, 15) is 66.1 Å². The summed E-state index contributed by atoms with van der Waals surface area (Å²) in [4.78, 5) is 14.1. The molecular formula is C33H40O21. The number of rotatable bonds is 10. The number of phenols is 3. The summed E-state index contributed by atoms with van der Waals surface area (Å²) in [7, 11) is 1.29. The summed E-state index contributed by atoms with van der Waals surface area (Å²) in [5, 5.41) is 124. The molecular weight excluding hydrogens is 732 g/mol. The Bertz CT molecular complexity index is 1830. The largest absolute Gasteiger partial charge is 0.507 e. The van der Waals surface area contributed by atoms with Gasteiger partial charge in [0.15, 0.2) is 29.8 Å². The quantitative estimate of drug-likeness (QED) is 0.0875. The zero-order chi connectivity index (χ0) is 39.2. The van der Waals surface area contributed by atoms with Gasteiger partial charge in [0.25, 0.3) is 0 Å². The second-order valence-corrected chi connectivity index (χ2v) is 12.8. The predicted octanol–water partition coefficient (Wildman–Crippen LogP) is -3.95. The van der Waals surface area contributed by atoms with Crippen LogP contribution in [-0.2, 0) is 23.7 Å². The molecule has 3 fully saturated rings. The van der Waals surface area contributed by atoms with E-state index in [0.717, 1.165) is 18.2 Å². The van der Waals surface area contributed by atoms with Gasteiger partial charge in [-0.15, -0.1) is 0 Å². The van der Waals surface area contributed by atoms with Gasteiger partial charge in [-0.2, -0.15) is 0 Å². The highest BCUT2D eigenvalue weighted by molar-refractivity contribution is 5.88. The lowest BCUT2D eigenvalue weighted by atomic mass is 9.97. The van der Waals surface area contributed by atoms with Crippen molar-refractivity contribution in [3.8, 4) is 40.1 Å². The van der Waals surface area contributed by atoms with Gasteiger partial charge in [0.2, 0.25) is 17.5 Å². The first-order valence-electron chi connectivity index (χ1n) is 16.5. The maximum atomic E-state index is 14.1. The lowest BCUT2D eigenvalue weighted by molar-refractivity contribution is -0.349. The van der Waals surface area contributed by atoms with Crippen LogP contribution in [-0.4, -0.2) is 174 Å². The predicted molar refractivity (Wildman–Crippen MR) is 173 cm³/mol. The van der Waals surface area contributed by atoms with Crippen LogP contribution in [0.2, 0.25) is 0 Å². The van der Waals surface area contributed by atoms with Crippen molar-refractivity contribution in [3.63, 3.8) is 0 Å². The molecule has 4 heterocycles. The molecule has 12 N–H and O–H groups in total. The van der Waals surface area contributed by atoms with E-state index in [1.807, 2.05) is 0 Å². The Labute approximate surface area is 303 Å². The van der Waals surface area contributed by atoms with Gasteiger partial charge in [-0.1, -0.05) is 0 Å². The van der Waals surface area contributed by atoms with Gasteiger partial charge < -0.3 is 98.9 Å². The molecule has 6 rings (SSSR count). The summed E-state index contributed by atoms with van der Waals surface area (Å²) in [6, 6.07) is 5.69. The normalized spacial score (nSPS) is 35.9. The van der Waals surface area contributed by atoms with Crippen molar-refractivity contribution in [1.82, 2.24) is 0 Å². The highest BCUT2D eigenvalue weighted by Gasteiger charge is 2.51. The number of aliphatic hydroxyl groups is 9. The van der Waals surface area contributed by atoms with Crippen molar-refractivity contribution < 1.29 is 98.9 Å². The van der Waals surface area contributed by atoms with Crippen molar-refractivity contribution in [2.45, 2.75) is 86.0 Å². The Kier molecular flexibility index (Phi) is 11.8. The van der Waals surface area contributed by atoms with E-state index < -0.39 is 145 Å². The molecule has 0 bridgehead atoms. The molecule has 0 aliphatic carbocycles. The van der Waals surface area contributed by atoms with Gasteiger partial charge in [0.1, 0.15) is 89.6 Å². The molecule has 0 spiro atoms. The first kappa shape index (κ1) is 39.8. The third-order valence-electron chi connectivity index (χ3n) is 9.27. The Balaban J connectivity index is 1.38. The first-order chi connectivity index (χ1) is 25.6. The van der Waals surface area contributed by atoms with Gasteiger partial charge >= 0.3 is 0 Å². The Hall–Kier alpha value is -3.91. The zero-order valence-corrected chi connectivity index (χ0v) is 28.1. The lowest BCUT2D eigenvalue weighted by Gasteiger charge is -2.45. The molecule has 6 unspecified atom stereocenters. The number of aliphatic hydroxyl groups excluding tert-OH is 9. The van der Waals surface area contributed by atoms with Gasteiger partial charge in [-0.05, 0) is 18.2 Å². The van der Waals surface area contributed by atoms with Crippen LogP contribution in [0.25, 0.3) is 22.3 Å². The molecule has 3 aliphatic rings. The molecule has 0 saturated carbocycles. The molecule has 3 aromatic rings. The molecule has 0 amide bonds. The minimum absolute atomic E-state index is 0.0616. The van der Waals surface area contributed by atoms with Crippen LogP contribution in [0, 0.1) is 0 Å². The van der Waals surface area contributed by atoms with Crippen LogP contribution in [0.5, 0.6) is 28.7 Å². The van der Waals surface area contributed by atoms with E-state index in [2.05, 4.69) is 0 Å². The Morgan fingerprint density at radius 1 is 0.741 bits per heavy atom. The number of fused-ring (bicyclic) bond motifs is 1. The molecule has 1 aromatic heterocycles. The van der Waals surface area contributed by atoms with E-state index >= 15 is 0 Å². The molecule has 21 heteroatoms. The smallest absolute Gasteiger partial charge is 0.239 e. The topological polar surface area (TPSA) is 338 Å². The Morgan fingerprint density at radius 2 is 1.44 bits per heavy atom. The van der Waals surface area contributed by atoms with Crippen molar-refractivity contribution >= 4 is 11.0 Å². The van der Waals surface area contributed by atoms with Crippen molar-refractivity contribution in [2.24, 2.45) is 0 Å². The molecule has 54 heavy (non-hydrogen) atoms. The average Bonchev–Trinajstić information content (AvgIpc) is 3.15. The number of phenolic OH excluding ortho intramolecular Hbond substituents is 3. The van der Waals surface area contributed by atoms with Crippen molar-refractivity contribution in [2.75, 3.05) is 26.9 Å². The number of hydrogen-bond donors (Lipinski definition) is 12. The number of ether oxygens (including phenoxy) is 7. The van der Waals surface area contributed by atoms with E-state index in [-0.39, 0.29) is 16.9 Å². The summed E-state index contributed by atoms with van der Waals surface area (Å²) < 4.78 is 44.7. The molecule has 0 radical (unpaired) electrons. The van der Waals surface area contributed by atoms with E-state index in [4.69, 9.17) is 37.6 Å². The van der Waals surface area contributed by atoms with Crippen LogP contribution in [0.15, 0.2) is 39.5 Å². The summed E-state index contributed by atoms with van der Waals surface area (Å²) >= 11 is 0. The first-order valence-corrected chi connectivity index (χ1v) is 16.5. The van der Waals surface area contributed by atoms with Crippen LogP contribution >= 0.6 is 0 Å². The molecule has 2 aromatic carbocycles. The van der Waals surface area contributed by atoms with Crippen LogP contribution in [0.1, 0.15) is 0 Å². The highest BCUT2D eigenvalue weighted by atomic mass is 16.7. The monoisotopic (exact) mass is 772 g/mol. The number of methoxy groups -OCH3 is 1. The third kappa shape index (κ3) is 7.52. The van der Waals surface area contributed by atoms with Gasteiger partial charge in [-0.25, -0.2) is 0 Å². The molecule has 3 saturated heterocycles. The van der Waals surface area contributed by atoms with E-state index in [0.29, 0.717) is 0 Å². The lowest BCUT2D eigenvalue weighted by Crippen LogP contribution is -2.64. The summed E-state index contributed by atoms with van der Waals surface area (Å²) in [5.74, 6) is -2.86.